The Morgan fingerprint density at radius 2 is 1.92 bits per heavy atom. The van der Waals surface area contributed by atoms with Crippen molar-refractivity contribution >= 4 is 29.3 Å². The first-order valence-electron chi connectivity index (χ1n) is 9.46. The van der Waals surface area contributed by atoms with Crippen LogP contribution in [0.15, 0.2) is 24.3 Å². The highest BCUT2D eigenvalue weighted by molar-refractivity contribution is 8.00. The summed E-state index contributed by atoms with van der Waals surface area (Å²) in [6, 6.07) is 7.99. The van der Waals surface area contributed by atoms with Crippen molar-refractivity contribution in [3.8, 4) is 0 Å². The van der Waals surface area contributed by atoms with Crippen molar-refractivity contribution in [3.05, 3.63) is 29.8 Å². The molecule has 2 fully saturated rings. The lowest BCUT2D eigenvalue weighted by atomic mass is 9.69. The number of anilines is 1. The highest BCUT2D eigenvalue weighted by Gasteiger charge is 2.61. The molecule has 0 spiro atoms. The van der Waals surface area contributed by atoms with E-state index in [0.717, 1.165) is 17.7 Å². The first-order chi connectivity index (χ1) is 12.2. The fraction of sp³-hybridized carbons (Fsp3) is 0.619. The summed E-state index contributed by atoms with van der Waals surface area (Å²) in [7, 11) is 0. The quantitative estimate of drug-likeness (QED) is 0.791. The van der Waals surface area contributed by atoms with Crippen LogP contribution in [0.25, 0.3) is 0 Å². The topological polar surface area (TPSA) is 58.2 Å². The van der Waals surface area contributed by atoms with E-state index in [-0.39, 0.29) is 29.0 Å². The third-order valence-electron chi connectivity index (χ3n) is 6.90. The summed E-state index contributed by atoms with van der Waals surface area (Å²) in [5.74, 6) is 1.32. The van der Waals surface area contributed by atoms with Crippen molar-refractivity contribution in [1.82, 2.24) is 5.32 Å². The molecular weight excluding hydrogens is 344 g/mol. The van der Waals surface area contributed by atoms with Crippen LogP contribution in [0, 0.1) is 23.7 Å². The van der Waals surface area contributed by atoms with Crippen molar-refractivity contribution in [1.29, 1.82) is 0 Å². The minimum absolute atomic E-state index is 0.0490. The number of hydrogen-bond donors (Lipinski definition) is 2. The van der Waals surface area contributed by atoms with Gasteiger partial charge in [-0.05, 0) is 60.6 Å². The largest absolute Gasteiger partial charge is 0.352 e. The summed E-state index contributed by atoms with van der Waals surface area (Å²) < 4.78 is 0. The Morgan fingerprint density at radius 1 is 1.19 bits per heavy atom. The van der Waals surface area contributed by atoms with E-state index in [1.807, 2.05) is 31.2 Å². The average Bonchev–Trinajstić information content (AvgIpc) is 2.88. The van der Waals surface area contributed by atoms with Gasteiger partial charge >= 0.3 is 0 Å². The van der Waals surface area contributed by atoms with Gasteiger partial charge < -0.3 is 10.6 Å². The molecule has 2 amide bonds. The predicted octanol–water partition coefficient (Wildman–Crippen LogP) is 4.00. The van der Waals surface area contributed by atoms with E-state index in [2.05, 4.69) is 31.4 Å². The smallest absolute Gasteiger partial charge is 0.234 e. The molecule has 2 N–H and O–H groups in total. The van der Waals surface area contributed by atoms with Gasteiger partial charge in [0.15, 0.2) is 0 Å². The molecule has 0 aliphatic heterocycles. The zero-order chi connectivity index (χ0) is 18.9. The molecule has 0 radical (unpaired) electrons. The summed E-state index contributed by atoms with van der Waals surface area (Å²) in [4.78, 5) is 24.4. The predicted molar refractivity (Wildman–Crippen MR) is 108 cm³/mol. The Bertz CT molecular complexity index is 703. The van der Waals surface area contributed by atoms with Crippen molar-refractivity contribution in [2.24, 2.45) is 16.7 Å². The van der Waals surface area contributed by atoms with Gasteiger partial charge in [-0.1, -0.05) is 32.9 Å². The Labute approximate surface area is 160 Å². The van der Waals surface area contributed by atoms with E-state index >= 15 is 0 Å². The van der Waals surface area contributed by atoms with E-state index in [1.165, 1.54) is 24.6 Å². The molecular formula is C21H30N2O2S. The van der Waals surface area contributed by atoms with Gasteiger partial charge in [-0.25, -0.2) is 0 Å². The van der Waals surface area contributed by atoms with Crippen LogP contribution in [0.3, 0.4) is 0 Å². The molecule has 1 aromatic carbocycles. The lowest BCUT2D eigenvalue weighted by Crippen LogP contribution is -2.47. The molecule has 0 aromatic heterocycles. The van der Waals surface area contributed by atoms with Crippen LogP contribution in [0.1, 0.15) is 45.6 Å². The molecule has 3 rings (SSSR count). The van der Waals surface area contributed by atoms with Crippen LogP contribution >= 0.6 is 11.8 Å². The summed E-state index contributed by atoms with van der Waals surface area (Å²) >= 11 is 1.37. The maximum atomic E-state index is 12.3. The second-order valence-electron chi connectivity index (χ2n) is 8.64. The zero-order valence-corrected chi connectivity index (χ0v) is 17.0. The molecule has 3 atom stereocenters. The minimum atomic E-state index is -0.0681. The molecule has 2 saturated carbocycles. The van der Waals surface area contributed by atoms with Gasteiger partial charge in [0.25, 0.3) is 0 Å². The van der Waals surface area contributed by atoms with Gasteiger partial charge in [0.1, 0.15) is 0 Å². The first kappa shape index (κ1) is 19.3. The van der Waals surface area contributed by atoms with E-state index in [9.17, 15) is 9.59 Å². The third-order valence-corrected chi connectivity index (χ3v) is 7.83. The normalized spacial score (nSPS) is 28.8. The average molecular weight is 375 g/mol. The van der Waals surface area contributed by atoms with Gasteiger partial charge in [-0.2, -0.15) is 0 Å². The second kappa shape index (κ2) is 7.26. The maximum Gasteiger partial charge on any atom is 0.234 e. The van der Waals surface area contributed by atoms with E-state index in [0.29, 0.717) is 17.1 Å². The number of carbonyl (C=O) groups is 2. The molecule has 2 aliphatic carbocycles. The third kappa shape index (κ3) is 3.64. The van der Waals surface area contributed by atoms with Crippen LogP contribution in [-0.4, -0.2) is 29.4 Å². The van der Waals surface area contributed by atoms with Gasteiger partial charge in [0.05, 0.1) is 11.5 Å². The Morgan fingerprint density at radius 3 is 2.54 bits per heavy atom. The first-order valence-corrected chi connectivity index (χ1v) is 10.6. The lowest BCUT2D eigenvalue weighted by Gasteiger charge is -2.39. The second-order valence-corrected chi connectivity index (χ2v) is 9.63. The van der Waals surface area contributed by atoms with Crippen LogP contribution in [0.2, 0.25) is 0 Å². The molecule has 26 heavy (non-hydrogen) atoms. The summed E-state index contributed by atoms with van der Waals surface area (Å²) in [5, 5.41) is 6.12. The van der Waals surface area contributed by atoms with Crippen LogP contribution in [-0.2, 0) is 9.59 Å². The monoisotopic (exact) mass is 374 g/mol. The molecule has 2 aliphatic rings. The van der Waals surface area contributed by atoms with Crippen LogP contribution in [0.5, 0.6) is 0 Å². The SMILES string of the molecule is Cc1cccc(NC(=O)CSCC(=O)NC2CC3CCC2(C)C3(C)C)c1. The fourth-order valence-electron chi connectivity index (χ4n) is 4.81. The molecule has 5 heteroatoms. The van der Waals surface area contributed by atoms with Crippen LogP contribution in [0.4, 0.5) is 5.69 Å². The molecule has 2 bridgehead atoms. The number of carbonyl (C=O) groups excluding carboxylic acids is 2. The Balaban J connectivity index is 1.42. The van der Waals surface area contributed by atoms with Gasteiger partial charge in [-0.3, -0.25) is 9.59 Å². The molecule has 1 aromatic rings. The van der Waals surface area contributed by atoms with Gasteiger partial charge in [0, 0.05) is 11.7 Å². The summed E-state index contributed by atoms with van der Waals surface area (Å²) in [6.07, 6.45) is 3.57. The highest BCUT2D eigenvalue weighted by Crippen LogP contribution is 2.65. The van der Waals surface area contributed by atoms with E-state index < -0.39 is 0 Å². The van der Waals surface area contributed by atoms with E-state index in [4.69, 9.17) is 0 Å². The molecule has 4 nitrogen and oxygen atoms in total. The Hall–Kier alpha value is -1.49. The number of benzene rings is 1. The lowest BCUT2D eigenvalue weighted by molar-refractivity contribution is -0.120. The molecule has 0 saturated heterocycles. The number of amides is 2. The van der Waals surface area contributed by atoms with Crippen molar-refractivity contribution in [2.75, 3.05) is 16.8 Å². The number of nitrogens with one attached hydrogen (secondary N) is 2. The summed E-state index contributed by atoms with van der Waals surface area (Å²) in [6.45, 7) is 9.02. The van der Waals surface area contributed by atoms with Gasteiger partial charge in [-0.15, -0.1) is 11.8 Å². The number of fused-ring (bicyclic) bond motifs is 2. The molecule has 0 heterocycles. The van der Waals surface area contributed by atoms with Crippen molar-refractivity contribution in [3.63, 3.8) is 0 Å². The standard InChI is InChI=1S/C21H30N2O2S/c1-14-6-5-7-16(10-14)22-18(24)12-26-13-19(25)23-17-11-15-8-9-21(17,4)20(15,2)3/h5-7,10,15,17H,8-9,11-13H2,1-4H3,(H,22,24)(H,23,25). The minimum Gasteiger partial charge on any atom is -0.352 e. The van der Waals surface area contributed by atoms with Crippen molar-refractivity contribution in [2.45, 2.75) is 53.0 Å². The number of thioether (sulfide) groups is 1. The van der Waals surface area contributed by atoms with Gasteiger partial charge in [0.2, 0.25) is 11.8 Å². The summed E-state index contributed by atoms with van der Waals surface area (Å²) in [5.41, 5.74) is 2.40. The number of aryl methyl sites for hydroxylation is 1. The maximum absolute atomic E-state index is 12.3. The molecule has 142 valence electrons. The molecule has 3 unspecified atom stereocenters. The fourth-order valence-corrected chi connectivity index (χ4v) is 5.44. The number of hydrogen-bond acceptors (Lipinski definition) is 3. The van der Waals surface area contributed by atoms with Crippen molar-refractivity contribution < 1.29 is 9.59 Å². The highest BCUT2D eigenvalue weighted by atomic mass is 32.2. The van der Waals surface area contributed by atoms with Crippen LogP contribution < -0.4 is 10.6 Å². The van der Waals surface area contributed by atoms with E-state index in [1.54, 1.807) is 0 Å². The number of rotatable bonds is 6. The Kier molecular flexibility index (Phi) is 5.38. The zero-order valence-electron chi connectivity index (χ0n) is 16.2.